The lowest BCUT2D eigenvalue weighted by atomic mass is 10.1. The lowest BCUT2D eigenvalue weighted by Crippen LogP contribution is -2.38. The third-order valence-electron chi connectivity index (χ3n) is 4.17. The smallest absolute Gasteiger partial charge is 0.225 e. The molecule has 0 heterocycles. The predicted molar refractivity (Wildman–Crippen MR) is 97.2 cm³/mol. The van der Waals surface area contributed by atoms with Crippen molar-refractivity contribution in [3.05, 3.63) is 30.3 Å². The third-order valence-corrected chi connectivity index (χ3v) is 4.17. The molecular weight excluding hydrogens is 321 g/mol. The minimum Gasteiger partial charge on any atom is -0.373 e. The van der Waals surface area contributed by atoms with Crippen LogP contribution in [0.2, 0.25) is 0 Å². The first-order chi connectivity index (χ1) is 9.58. The molecule has 126 valence electrons. The highest BCUT2D eigenvalue weighted by molar-refractivity contribution is 5.85. The average Bonchev–Trinajstić information content (AvgIpc) is 2.91. The van der Waals surface area contributed by atoms with Crippen molar-refractivity contribution in [2.45, 2.75) is 25.3 Å². The molecule has 0 spiro atoms. The number of halogens is 2. The van der Waals surface area contributed by atoms with Crippen LogP contribution in [0.3, 0.4) is 0 Å². The van der Waals surface area contributed by atoms with Gasteiger partial charge in [0.1, 0.15) is 0 Å². The molecular formula is C16H27Cl2N3O. The summed E-state index contributed by atoms with van der Waals surface area (Å²) < 4.78 is 0. The first-order valence-corrected chi connectivity index (χ1v) is 7.34. The molecule has 1 amide bonds. The maximum Gasteiger partial charge on any atom is 0.225 e. The molecule has 1 fully saturated rings. The van der Waals surface area contributed by atoms with Crippen molar-refractivity contribution < 1.29 is 4.79 Å². The summed E-state index contributed by atoms with van der Waals surface area (Å²) in [6.45, 7) is 1.58. The van der Waals surface area contributed by atoms with E-state index in [0.29, 0.717) is 0 Å². The van der Waals surface area contributed by atoms with Gasteiger partial charge in [0.15, 0.2) is 0 Å². The summed E-state index contributed by atoms with van der Waals surface area (Å²) in [4.78, 5) is 16.3. The number of carbonyl (C=O) groups is 1. The number of hydrogen-bond acceptors (Lipinski definition) is 3. The van der Waals surface area contributed by atoms with Gasteiger partial charge in [-0.25, -0.2) is 0 Å². The minimum atomic E-state index is 0. The van der Waals surface area contributed by atoms with Crippen molar-refractivity contribution in [1.29, 1.82) is 0 Å². The van der Waals surface area contributed by atoms with Crippen molar-refractivity contribution in [1.82, 2.24) is 4.90 Å². The molecule has 1 aromatic rings. The number of rotatable bonds is 5. The molecule has 0 bridgehead atoms. The van der Waals surface area contributed by atoms with Gasteiger partial charge >= 0.3 is 0 Å². The van der Waals surface area contributed by atoms with Gasteiger partial charge in [0.05, 0.1) is 0 Å². The molecule has 1 aliphatic rings. The molecule has 0 aromatic heterocycles. The van der Waals surface area contributed by atoms with Crippen molar-refractivity contribution in [2.75, 3.05) is 32.1 Å². The van der Waals surface area contributed by atoms with Crippen LogP contribution in [-0.4, -0.2) is 44.0 Å². The maximum atomic E-state index is 12.3. The Labute approximate surface area is 145 Å². The zero-order valence-electron chi connectivity index (χ0n) is 13.3. The van der Waals surface area contributed by atoms with Gasteiger partial charge in [-0.1, -0.05) is 18.2 Å². The molecule has 4 nitrogen and oxygen atoms in total. The lowest BCUT2D eigenvalue weighted by molar-refractivity contribution is -0.133. The average molecular weight is 348 g/mol. The fourth-order valence-electron chi connectivity index (χ4n) is 2.77. The van der Waals surface area contributed by atoms with E-state index < -0.39 is 0 Å². The molecule has 0 saturated heterocycles. The second-order valence-electron chi connectivity index (χ2n) is 5.79. The third kappa shape index (κ3) is 5.67. The van der Waals surface area contributed by atoms with Crippen LogP contribution in [0.25, 0.3) is 0 Å². The summed E-state index contributed by atoms with van der Waals surface area (Å²) >= 11 is 0. The van der Waals surface area contributed by atoms with Gasteiger partial charge in [0.2, 0.25) is 5.91 Å². The van der Waals surface area contributed by atoms with Crippen LogP contribution in [0.1, 0.15) is 19.3 Å². The van der Waals surface area contributed by atoms with E-state index in [1.807, 2.05) is 30.1 Å². The number of anilines is 1. The Hall–Kier alpha value is -0.970. The molecule has 2 unspecified atom stereocenters. The summed E-state index contributed by atoms with van der Waals surface area (Å²) in [6, 6.07) is 10.4. The Morgan fingerprint density at radius 2 is 1.77 bits per heavy atom. The van der Waals surface area contributed by atoms with Crippen LogP contribution in [-0.2, 0) is 4.79 Å². The Balaban J connectivity index is 0.00000220. The van der Waals surface area contributed by atoms with E-state index in [0.717, 1.165) is 32.4 Å². The number of hydrogen-bond donors (Lipinski definition) is 1. The molecule has 22 heavy (non-hydrogen) atoms. The van der Waals surface area contributed by atoms with Crippen LogP contribution < -0.4 is 10.6 Å². The SMILES string of the molecule is CN(CCN(C)c1ccccc1)C(=O)C1CCC(N)C1.Cl.Cl. The zero-order chi connectivity index (χ0) is 14.5. The van der Waals surface area contributed by atoms with Crippen LogP contribution in [0, 0.1) is 5.92 Å². The first-order valence-electron chi connectivity index (χ1n) is 7.34. The number of nitrogens with zero attached hydrogens (tertiary/aromatic N) is 2. The highest BCUT2D eigenvalue weighted by Gasteiger charge is 2.29. The van der Waals surface area contributed by atoms with E-state index in [9.17, 15) is 4.79 Å². The monoisotopic (exact) mass is 347 g/mol. The normalized spacial score (nSPS) is 19.8. The number of para-hydroxylation sites is 1. The van der Waals surface area contributed by atoms with E-state index in [1.165, 1.54) is 5.69 Å². The van der Waals surface area contributed by atoms with Gasteiger partial charge in [0, 0.05) is 44.8 Å². The Bertz CT molecular complexity index is 444. The van der Waals surface area contributed by atoms with E-state index in [2.05, 4.69) is 24.1 Å². The van der Waals surface area contributed by atoms with Crippen LogP contribution in [0.15, 0.2) is 30.3 Å². The lowest BCUT2D eigenvalue weighted by Gasteiger charge is -2.25. The van der Waals surface area contributed by atoms with E-state index in [-0.39, 0.29) is 42.7 Å². The van der Waals surface area contributed by atoms with Crippen molar-refractivity contribution >= 4 is 36.4 Å². The zero-order valence-corrected chi connectivity index (χ0v) is 14.9. The first kappa shape index (κ1) is 21.0. The molecule has 1 aromatic carbocycles. The Morgan fingerprint density at radius 3 is 2.32 bits per heavy atom. The molecule has 1 aliphatic carbocycles. The molecule has 2 atom stereocenters. The Morgan fingerprint density at radius 1 is 1.14 bits per heavy atom. The fourth-order valence-corrected chi connectivity index (χ4v) is 2.77. The van der Waals surface area contributed by atoms with Gasteiger partial charge in [0.25, 0.3) is 0 Å². The molecule has 0 aliphatic heterocycles. The number of nitrogens with two attached hydrogens (primary N) is 1. The fraction of sp³-hybridized carbons (Fsp3) is 0.562. The summed E-state index contributed by atoms with van der Waals surface area (Å²) in [5, 5.41) is 0. The molecule has 0 radical (unpaired) electrons. The highest BCUT2D eigenvalue weighted by Crippen LogP contribution is 2.25. The molecule has 6 heteroatoms. The van der Waals surface area contributed by atoms with E-state index in [1.54, 1.807) is 0 Å². The van der Waals surface area contributed by atoms with Crippen LogP contribution in [0.5, 0.6) is 0 Å². The van der Waals surface area contributed by atoms with Crippen molar-refractivity contribution in [3.63, 3.8) is 0 Å². The van der Waals surface area contributed by atoms with Gasteiger partial charge in [-0.15, -0.1) is 24.8 Å². The number of likely N-dealkylation sites (N-methyl/N-ethyl adjacent to an activating group) is 2. The van der Waals surface area contributed by atoms with Crippen LogP contribution in [0.4, 0.5) is 5.69 Å². The number of benzene rings is 1. The second-order valence-corrected chi connectivity index (χ2v) is 5.79. The van der Waals surface area contributed by atoms with Gasteiger partial charge in [-0.05, 0) is 31.4 Å². The standard InChI is InChI=1S/C16H25N3O.2ClH/c1-18(15-6-4-3-5-7-15)10-11-19(2)16(20)13-8-9-14(17)12-13;;/h3-7,13-14H,8-12,17H2,1-2H3;2*1H. The summed E-state index contributed by atoms with van der Waals surface area (Å²) in [7, 11) is 3.95. The quantitative estimate of drug-likeness (QED) is 0.890. The maximum absolute atomic E-state index is 12.3. The van der Waals surface area contributed by atoms with Gasteiger partial charge in [-0.3, -0.25) is 4.79 Å². The predicted octanol–water partition coefficient (Wildman–Crippen LogP) is 2.55. The summed E-state index contributed by atoms with van der Waals surface area (Å²) in [5.74, 6) is 0.386. The Kier molecular flexibility index (Phi) is 9.49. The second kappa shape index (κ2) is 9.93. The highest BCUT2D eigenvalue weighted by atomic mass is 35.5. The summed E-state index contributed by atoms with van der Waals surface area (Å²) in [5.41, 5.74) is 7.06. The topological polar surface area (TPSA) is 49.6 Å². The molecule has 2 rings (SSSR count). The minimum absolute atomic E-state index is 0. The number of carbonyl (C=O) groups excluding carboxylic acids is 1. The van der Waals surface area contributed by atoms with E-state index in [4.69, 9.17) is 5.73 Å². The summed E-state index contributed by atoms with van der Waals surface area (Å²) in [6.07, 6.45) is 2.77. The van der Waals surface area contributed by atoms with Gasteiger partial charge in [-0.2, -0.15) is 0 Å². The van der Waals surface area contributed by atoms with Crippen LogP contribution >= 0.6 is 24.8 Å². The van der Waals surface area contributed by atoms with Crippen molar-refractivity contribution in [3.8, 4) is 0 Å². The molecule has 1 saturated carbocycles. The molecule has 2 N–H and O–H groups in total. The largest absolute Gasteiger partial charge is 0.373 e. The van der Waals surface area contributed by atoms with Gasteiger partial charge < -0.3 is 15.5 Å². The van der Waals surface area contributed by atoms with Crippen molar-refractivity contribution in [2.24, 2.45) is 11.7 Å². The van der Waals surface area contributed by atoms with E-state index >= 15 is 0 Å². The number of amides is 1.